The van der Waals surface area contributed by atoms with Crippen molar-refractivity contribution in [3.8, 4) is 0 Å². The van der Waals surface area contributed by atoms with Crippen LogP contribution < -0.4 is 0 Å². The van der Waals surface area contributed by atoms with Crippen LogP contribution in [0.1, 0.15) is 52.9 Å². The third kappa shape index (κ3) is 1.65. The number of nitrogens with zero attached hydrogens (tertiary/aromatic N) is 1. The molecule has 0 radical (unpaired) electrons. The molecule has 0 aromatic heterocycles. The van der Waals surface area contributed by atoms with Crippen LogP contribution in [0.25, 0.3) is 0 Å². The third-order valence-electron chi connectivity index (χ3n) is 5.74. The van der Waals surface area contributed by atoms with Gasteiger partial charge < -0.3 is 10.2 Å². The fourth-order valence-corrected chi connectivity index (χ4v) is 5.71. The Kier molecular flexibility index (Phi) is 2.55. The van der Waals surface area contributed by atoms with E-state index in [1.807, 2.05) is 20.8 Å². The zero-order chi connectivity index (χ0) is 14.1. The highest BCUT2D eigenvalue weighted by atomic mass is 16.4. The van der Waals surface area contributed by atoms with Crippen molar-refractivity contribution >= 4 is 6.09 Å². The standard InChI is InChI=1S/C15H25NO3/c1-13(2,3)16(12(18)19)15-6-10-4-11(15)7-14(5-10,8-15)9-17/h10-11,17H,4-9H2,1-3H3,(H,18,19). The lowest BCUT2D eigenvalue weighted by Crippen LogP contribution is -2.60. The average molecular weight is 267 g/mol. The number of aliphatic hydroxyl groups is 1. The molecule has 4 rings (SSSR count). The number of hydrogen-bond donors (Lipinski definition) is 2. The predicted octanol–water partition coefficient (Wildman–Crippen LogP) is 2.71. The minimum absolute atomic E-state index is 0.00475. The van der Waals surface area contributed by atoms with Crippen molar-refractivity contribution in [2.24, 2.45) is 17.3 Å². The minimum Gasteiger partial charge on any atom is -0.465 e. The smallest absolute Gasteiger partial charge is 0.408 e. The molecule has 4 atom stereocenters. The van der Waals surface area contributed by atoms with E-state index in [0.29, 0.717) is 11.8 Å². The fourth-order valence-electron chi connectivity index (χ4n) is 5.71. The molecule has 2 N–H and O–H groups in total. The first kappa shape index (κ1) is 13.2. The summed E-state index contributed by atoms with van der Waals surface area (Å²) in [5.41, 5.74) is -0.581. The van der Waals surface area contributed by atoms with E-state index in [1.165, 1.54) is 0 Å². The highest BCUT2D eigenvalue weighted by Gasteiger charge is 2.67. The first-order valence-corrected chi connectivity index (χ1v) is 7.37. The molecule has 4 unspecified atom stereocenters. The molecular weight excluding hydrogens is 242 g/mol. The lowest BCUT2D eigenvalue weighted by molar-refractivity contribution is -0.0196. The van der Waals surface area contributed by atoms with Gasteiger partial charge in [0.05, 0.1) is 5.54 Å². The van der Waals surface area contributed by atoms with E-state index >= 15 is 0 Å². The van der Waals surface area contributed by atoms with Gasteiger partial charge in [-0.25, -0.2) is 4.79 Å². The minimum atomic E-state index is -0.797. The first-order chi connectivity index (χ1) is 8.72. The van der Waals surface area contributed by atoms with Crippen LogP contribution >= 0.6 is 0 Å². The second-order valence-corrected chi connectivity index (χ2v) is 8.14. The van der Waals surface area contributed by atoms with E-state index in [4.69, 9.17) is 0 Å². The summed E-state index contributed by atoms with van der Waals surface area (Å²) < 4.78 is 0. The van der Waals surface area contributed by atoms with Gasteiger partial charge in [0.1, 0.15) is 0 Å². The van der Waals surface area contributed by atoms with Crippen molar-refractivity contribution in [3.63, 3.8) is 0 Å². The maximum absolute atomic E-state index is 11.8. The Morgan fingerprint density at radius 2 is 2.00 bits per heavy atom. The molecule has 0 aromatic rings. The van der Waals surface area contributed by atoms with Crippen LogP contribution in [-0.4, -0.2) is 38.9 Å². The Labute approximate surface area is 114 Å². The van der Waals surface area contributed by atoms with Crippen LogP contribution in [0.3, 0.4) is 0 Å². The molecule has 19 heavy (non-hydrogen) atoms. The molecule has 4 aliphatic rings. The van der Waals surface area contributed by atoms with Crippen molar-refractivity contribution < 1.29 is 15.0 Å². The Hall–Kier alpha value is -0.770. The quantitative estimate of drug-likeness (QED) is 0.808. The van der Waals surface area contributed by atoms with Crippen LogP contribution in [-0.2, 0) is 0 Å². The summed E-state index contributed by atoms with van der Waals surface area (Å²) in [5, 5.41) is 19.5. The summed E-state index contributed by atoms with van der Waals surface area (Å²) in [6.45, 7) is 6.18. The van der Waals surface area contributed by atoms with Gasteiger partial charge in [0.25, 0.3) is 0 Å². The van der Waals surface area contributed by atoms with Gasteiger partial charge in [0, 0.05) is 12.1 Å². The maximum atomic E-state index is 11.8. The molecule has 4 bridgehead atoms. The summed E-state index contributed by atoms with van der Waals surface area (Å²) in [5.74, 6) is 1.07. The molecule has 1 amide bonds. The summed E-state index contributed by atoms with van der Waals surface area (Å²) in [7, 11) is 0. The van der Waals surface area contributed by atoms with E-state index in [1.54, 1.807) is 4.90 Å². The van der Waals surface area contributed by atoms with Gasteiger partial charge in [-0.3, -0.25) is 4.90 Å². The van der Waals surface area contributed by atoms with Crippen LogP contribution in [0.5, 0.6) is 0 Å². The number of aliphatic hydroxyl groups excluding tert-OH is 1. The summed E-state index contributed by atoms with van der Waals surface area (Å²) in [4.78, 5) is 13.6. The van der Waals surface area contributed by atoms with Crippen LogP contribution in [0.4, 0.5) is 4.79 Å². The number of hydrogen-bond acceptors (Lipinski definition) is 2. The van der Waals surface area contributed by atoms with Gasteiger partial charge in [0.2, 0.25) is 0 Å². The lowest BCUT2D eigenvalue weighted by Gasteiger charge is -2.50. The second-order valence-electron chi connectivity index (χ2n) is 8.14. The number of carboxylic acid groups (broad SMARTS) is 1. The van der Waals surface area contributed by atoms with Crippen LogP contribution in [0, 0.1) is 17.3 Å². The van der Waals surface area contributed by atoms with E-state index in [-0.39, 0.29) is 23.1 Å². The van der Waals surface area contributed by atoms with Crippen molar-refractivity contribution in [1.82, 2.24) is 4.90 Å². The Morgan fingerprint density at radius 1 is 1.32 bits per heavy atom. The Balaban J connectivity index is 2.02. The molecule has 108 valence electrons. The zero-order valence-electron chi connectivity index (χ0n) is 12.1. The summed E-state index contributed by atoms with van der Waals surface area (Å²) >= 11 is 0. The summed E-state index contributed by atoms with van der Waals surface area (Å²) in [6.07, 6.45) is 4.33. The molecule has 4 saturated carbocycles. The molecule has 0 aliphatic heterocycles. The van der Waals surface area contributed by atoms with E-state index < -0.39 is 6.09 Å². The average Bonchev–Trinajstić information content (AvgIpc) is 2.59. The van der Waals surface area contributed by atoms with E-state index in [9.17, 15) is 15.0 Å². The fraction of sp³-hybridized carbons (Fsp3) is 0.933. The van der Waals surface area contributed by atoms with Crippen molar-refractivity contribution in [1.29, 1.82) is 0 Å². The number of carbonyl (C=O) groups is 1. The largest absolute Gasteiger partial charge is 0.465 e. The predicted molar refractivity (Wildman–Crippen MR) is 71.9 cm³/mol. The zero-order valence-corrected chi connectivity index (χ0v) is 12.1. The lowest BCUT2D eigenvalue weighted by atomic mass is 9.68. The number of amides is 1. The van der Waals surface area contributed by atoms with E-state index in [0.717, 1.165) is 32.1 Å². The summed E-state index contributed by atoms with van der Waals surface area (Å²) in [6, 6.07) is 0. The molecule has 0 saturated heterocycles. The molecule has 4 heteroatoms. The van der Waals surface area contributed by atoms with Crippen LogP contribution in [0.2, 0.25) is 0 Å². The monoisotopic (exact) mass is 267 g/mol. The molecule has 4 aliphatic carbocycles. The van der Waals surface area contributed by atoms with Gasteiger partial charge >= 0.3 is 6.09 Å². The topological polar surface area (TPSA) is 60.8 Å². The van der Waals surface area contributed by atoms with Crippen molar-refractivity contribution in [3.05, 3.63) is 0 Å². The SMILES string of the molecule is CC(C)(C)N(C(=O)O)C12CC3CC1CC(CO)(C3)C2. The third-order valence-corrected chi connectivity index (χ3v) is 5.74. The maximum Gasteiger partial charge on any atom is 0.408 e. The molecule has 0 heterocycles. The van der Waals surface area contributed by atoms with Gasteiger partial charge in [-0.1, -0.05) is 0 Å². The first-order valence-electron chi connectivity index (χ1n) is 7.37. The normalized spacial score (nSPS) is 43.8. The molecular formula is C15H25NO3. The van der Waals surface area contributed by atoms with Gasteiger partial charge in [-0.2, -0.15) is 0 Å². The Bertz CT molecular complexity index is 416. The van der Waals surface area contributed by atoms with Crippen molar-refractivity contribution in [2.75, 3.05) is 6.61 Å². The van der Waals surface area contributed by atoms with Gasteiger partial charge in [0.15, 0.2) is 0 Å². The van der Waals surface area contributed by atoms with Crippen LogP contribution in [0.15, 0.2) is 0 Å². The van der Waals surface area contributed by atoms with E-state index in [2.05, 4.69) is 0 Å². The molecule has 0 aromatic carbocycles. The molecule has 0 spiro atoms. The molecule has 4 nitrogen and oxygen atoms in total. The highest BCUT2D eigenvalue weighted by molar-refractivity contribution is 5.68. The second kappa shape index (κ2) is 3.66. The van der Waals surface area contributed by atoms with Gasteiger partial charge in [-0.05, 0) is 70.1 Å². The van der Waals surface area contributed by atoms with Gasteiger partial charge in [-0.15, -0.1) is 0 Å². The highest BCUT2D eigenvalue weighted by Crippen LogP contribution is 2.68. The van der Waals surface area contributed by atoms with Crippen molar-refractivity contribution in [2.45, 2.75) is 64.0 Å². The molecule has 4 fully saturated rings. The number of rotatable bonds is 2. The Morgan fingerprint density at radius 3 is 2.53 bits per heavy atom.